The first kappa shape index (κ1) is 21.9. The van der Waals surface area contributed by atoms with Gasteiger partial charge in [0.05, 0.1) is 4.88 Å². The van der Waals surface area contributed by atoms with Crippen LogP contribution in [-0.2, 0) is 15.1 Å². The number of hydrogen-bond donors (Lipinski definition) is 1. The van der Waals surface area contributed by atoms with E-state index in [1.54, 1.807) is 22.8 Å². The van der Waals surface area contributed by atoms with Crippen LogP contribution >= 0.6 is 11.3 Å². The van der Waals surface area contributed by atoms with Gasteiger partial charge in [-0.05, 0) is 35.6 Å². The molecule has 4 rings (SSSR count). The first-order valence-electron chi connectivity index (χ1n) is 10.4. The number of carbonyl (C=O) groups is 4. The summed E-state index contributed by atoms with van der Waals surface area (Å²) in [5.41, 5.74) is -0.855. The normalized spacial score (nSPS) is 21.1. The van der Waals surface area contributed by atoms with E-state index in [1.807, 2.05) is 11.4 Å². The fraction of sp³-hybridized carbons (Fsp3) is 0.364. The molecule has 5 amide bonds. The number of amides is 5. The fourth-order valence-corrected chi connectivity index (χ4v) is 4.78. The second kappa shape index (κ2) is 8.70. The summed E-state index contributed by atoms with van der Waals surface area (Å²) in [7, 11) is 0. The number of imide groups is 1. The molecule has 0 saturated carbocycles. The Kier molecular flexibility index (Phi) is 5.96. The van der Waals surface area contributed by atoms with Gasteiger partial charge in [-0.2, -0.15) is 0 Å². The van der Waals surface area contributed by atoms with Gasteiger partial charge >= 0.3 is 6.03 Å². The molecule has 2 saturated heterocycles. The largest absolute Gasteiger partial charge is 0.338 e. The molecule has 1 aromatic heterocycles. The van der Waals surface area contributed by atoms with E-state index in [-0.39, 0.29) is 24.8 Å². The SMILES string of the molecule is CC[C@@]1(c2ccc(F)cc2)NC(=O)N(CC(=O)N2CCN(C(=O)c3cccs3)CC2)C1=O. The van der Waals surface area contributed by atoms with Gasteiger partial charge in [0.25, 0.3) is 11.8 Å². The smallest absolute Gasteiger partial charge is 0.325 e. The molecule has 0 unspecified atom stereocenters. The molecule has 2 aromatic rings. The molecular weight excluding hydrogens is 435 g/mol. The number of urea groups is 1. The highest BCUT2D eigenvalue weighted by Gasteiger charge is 2.51. The number of nitrogens with one attached hydrogen (secondary N) is 1. The Labute approximate surface area is 188 Å². The molecule has 0 bridgehead atoms. The first-order chi connectivity index (χ1) is 15.4. The molecule has 0 radical (unpaired) electrons. The minimum absolute atomic E-state index is 0.0618. The van der Waals surface area contributed by atoms with Gasteiger partial charge in [-0.1, -0.05) is 25.1 Å². The van der Waals surface area contributed by atoms with Crippen molar-refractivity contribution in [2.24, 2.45) is 0 Å². The molecule has 10 heteroatoms. The van der Waals surface area contributed by atoms with Gasteiger partial charge in [0.1, 0.15) is 17.9 Å². The van der Waals surface area contributed by atoms with Crippen LogP contribution in [0.15, 0.2) is 41.8 Å². The molecule has 0 aliphatic carbocycles. The van der Waals surface area contributed by atoms with Crippen molar-refractivity contribution in [1.82, 2.24) is 20.0 Å². The van der Waals surface area contributed by atoms with Gasteiger partial charge in [0.15, 0.2) is 0 Å². The summed E-state index contributed by atoms with van der Waals surface area (Å²) in [6.07, 6.45) is 0.261. The molecule has 3 heterocycles. The predicted molar refractivity (Wildman–Crippen MR) is 115 cm³/mol. The van der Waals surface area contributed by atoms with Crippen LogP contribution in [0.3, 0.4) is 0 Å². The van der Waals surface area contributed by atoms with E-state index in [0.29, 0.717) is 36.6 Å². The molecule has 168 valence electrons. The number of rotatable bonds is 5. The third-order valence-electron chi connectivity index (χ3n) is 5.99. The highest BCUT2D eigenvalue weighted by Crippen LogP contribution is 2.32. The predicted octanol–water partition coefficient (Wildman–Crippen LogP) is 2.03. The Hall–Kier alpha value is -3.27. The van der Waals surface area contributed by atoms with E-state index in [4.69, 9.17) is 0 Å². The van der Waals surface area contributed by atoms with E-state index in [0.717, 1.165) is 4.90 Å². The summed E-state index contributed by atoms with van der Waals surface area (Å²) < 4.78 is 13.3. The van der Waals surface area contributed by atoms with Crippen molar-refractivity contribution in [3.8, 4) is 0 Å². The van der Waals surface area contributed by atoms with Crippen molar-refractivity contribution in [3.63, 3.8) is 0 Å². The van der Waals surface area contributed by atoms with Crippen molar-refractivity contribution in [2.45, 2.75) is 18.9 Å². The summed E-state index contributed by atoms with van der Waals surface area (Å²) in [5.74, 6) is -1.40. The van der Waals surface area contributed by atoms with Crippen LogP contribution in [0, 0.1) is 5.82 Å². The molecule has 0 spiro atoms. The lowest BCUT2D eigenvalue weighted by Crippen LogP contribution is -2.53. The maximum Gasteiger partial charge on any atom is 0.325 e. The van der Waals surface area contributed by atoms with Gasteiger partial charge < -0.3 is 15.1 Å². The summed E-state index contributed by atoms with van der Waals surface area (Å²) in [4.78, 5) is 55.9. The molecule has 2 fully saturated rings. The van der Waals surface area contributed by atoms with Gasteiger partial charge in [-0.15, -0.1) is 11.3 Å². The van der Waals surface area contributed by atoms with E-state index in [9.17, 15) is 23.6 Å². The quantitative estimate of drug-likeness (QED) is 0.695. The second-order valence-electron chi connectivity index (χ2n) is 7.74. The third-order valence-corrected chi connectivity index (χ3v) is 6.85. The zero-order chi connectivity index (χ0) is 22.9. The highest BCUT2D eigenvalue weighted by atomic mass is 32.1. The van der Waals surface area contributed by atoms with Crippen molar-refractivity contribution in [2.75, 3.05) is 32.7 Å². The maximum atomic E-state index is 13.3. The molecule has 32 heavy (non-hydrogen) atoms. The Morgan fingerprint density at radius 1 is 1.06 bits per heavy atom. The molecular formula is C22H23FN4O4S. The zero-order valence-electron chi connectivity index (χ0n) is 17.5. The van der Waals surface area contributed by atoms with E-state index >= 15 is 0 Å². The highest BCUT2D eigenvalue weighted by molar-refractivity contribution is 7.12. The van der Waals surface area contributed by atoms with Crippen molar-refractivity contribution >= 4 is 35.1 Å². The molecule has 2 aliphatic heterocycles. The van der Waals surface area contributed by atoms with Crippen molar-refractivity contribution in [1.29, 1.82) is 0 Å². The Balaban J connectivity index is 1.40. The van der Waals surface area contributed by atoms with Crippen molar-refractivity contribution in [3.05, 3.63) is 58.0 Å². The fourth-order valence-electron chi connectivity index (χ4n) is 4.09. The van der Waals surface area contributed by atoms with E-state index in [2.05, 4.69) is 5.32 Å². The summed E-state index contributed by atoms with van der Waals surface area (Å²) in [6, 6.07) is 8.33. The Morgan fingerprint density at radius 2 is 1.72 bits per heavy atom. The minimum Gasteiger partial charge on any atom is -0.338 e. The number of nitrogens with zero attached hydrogens (tertiary/aromatic N) is 3. The lowest BCUT2D eigenvalue weighted by Gasteiger charge is -2.35. The minimum atomic E-state index is -1.32. The Morgan fingerprint density at radius 3 is 2.31 bits per heavy atom. The average Bonchev–Trinajstić information content (AvgIpc) is 3.42. The van der Waals surface area contributed by atoms with E-state index < -0.39 is 23.3 Å². The van der Waals surface area contributed by atoms with Crippen LogP contribution < -0.4 is 5.32 Å². The first-order valence-corrected chi connectivity index (χ1v) is 11.2. The van der Waals surface area contributed by atoms with Gasteiger partial charge in [-0.3, -0.25) is 19.3 Å². The van der Waals surface area contributed by atoms with Crippen molar-refractivity contribution < 1.29 is 23.6 Å². The molecule has 2 aliphatic rings. The summed E-state index contributed by atoms with van der Waals surface area (Å²) in [6.45, 7) is 2.80. The number of piperazine rings is 1. The number of hydrogen-bond acceptors (Lipinski definition) is 5. The van der Waals surface area contributed by atoms with E-state index in [1.165, 1.54) is 35.6 Å². The number of thiophene rings is 1. The molecule has 1 N–H and O–H groups in total. The standard InChI is InChI=1S/C22H23FN4O4S/c1-2-22(15-5-7-16(23)8-6-15)20(30)27(21(31)24-22)14-18(28)25-9-11-26(12-10-25)19(29)17-4-3-13-32-17/h3-8,13H,2,9-12,14H2,1H3,(H,24,31)/t22-/m0/s1. The van der Waals surface area contributed by atoms with Crippen LogP contribution in [0.25, 0.3) is 0 Å². The van der Waals surface area contributed by atoms with Crippen LogP contribution in [0.5, 0.6) is 0 Å². The van der Waals surface area contributed by atoms with Crippen LogP contribution in [0.4, 0.5) is 9.18 Å². The van der Waals surface area contributed by atoms with Crippen LogP contribution in [0.1, 0.15) is 28.6 Å². The summed E-state index contributed by atoms with van der Waals surface area (Å²) >= 11 is 1.37. The average molecular weight is 459 g/mol. The maximum absolute atomic E-state index is 13.3. The van der Waals surface area contributed by atoms with Gasteiger partial charge in [0, 0.05) is 26.2 Å². The molecule has 1 atom stereocenters. The lowest BCUT2D eigenvalue weighted by atomic mass is 9.87. The summed E-state index contributed by atoms with van der Waals surface area (Å²) in [5, 5.41) is 4.53. The van der Waals surface area contributed by atoms with Crippen LogP contribution in [-0.4, -0.2) is 71.2 Å². The topological polar surface area (TPSA) is 90.0 Å². The Bertz CT molecular complexity index is 1030. The van der Waals surface area contributed by atoms with Crippen LogP contribution in [0.2, 0.25) is 0 Å². The monoisotopic (exact) mass is 458 g/mol. The number of benzene rings is 1. The molecule has 1 aromatic carbocycles. The zero-order valence-corrected chi connectivity index (χ0v) is 18.4. The lowest BCUT2D eigenvalue weighted by molar-refractivity contribution is -0.140. The third kappa shape index (κ3) is 3.86. The number of carbonyl (C=O) groups excluding carboxylic acids is 4. The van der Waals surface area contributed by atoms with Gasteiger partial charge in [0.2, 0.25) is 5.91 Å². The van der Waals surface area contributed by atoms with Gasteiger partial charge in [-0.25, -0.2) is 9.18 Å². The molecule has 8 nitrogen and oxygen atoms in total. The number of halogens is 1. The second-order valence-corrected chi connectivity index (χ2v) is 8.69.